The van der Waals surface area contributed by atoms with Gasteiger partial charge in [0.05, 0.1) is 17.5 Å². The number of rotatable bonds is 5. The number of benzene rings is 1. The van der Waals surface area contributed by atoms with E-state index in [1.165, 1.54) is 35.6 Å². The molecule has 0 bridgehead atoms. The summed E-state index contributed by atoms with van der Waals surface area (Å²) >= 11 is 1.27. The second kappa shape index (κ2) is 6.55. The number of carbonyl (C=O) groups excluding carboxylic acids is 3. The largest absolute Gasteiger partial charge is 0.463 e. The molecular formula is C16H12N2O5S. The van der Waals surface area contributed by atoms with E-state index in [-0.39, 0.29) is 6.54 Å². The van der Waals surface area contributed by atoms with Crippen LogP contribution in [-0.4, -0.2) is 24.3 Å². The van der Waals surface area contributed by atoms with Crippen molar-refractivity contribution < 1.29 is 23.5 Å². The standard InChI is InChI=1S/C16H12N2O5S/c17-14(19)8-18-15(20)9-1-3-10(4-2-9)23-16(21)13-7-11-12(24-13)5-6-22-11/h1-7H,8H2,(H2,17,19)(H,18,20). The first-order valence-electron chi connectivity index (χ1n) is 6.89. The van der Waals surface area contributed by atoms with Gasteiger partial charge in [-0.15, -0.1) is 11.3 Å². The van der Waals surface area contributed by atoms with Crippen molar-refractivity contribution in [2.45, 2.75) is 0 Å². The molecule has 2 aromatic heterocycles. The highest BCUT2D eigenvalue weighted by Gasteiger charge is 2.14. The summed E-state index contributed by atoms with van der Waals surface area (Å²) in [6, 6.07) is 9.35. The Hall–Kier alpha value is -3.13. The van der Waals surface area contributed by atoms with Crippen molar-refractivity contribution in [1.29, 1.82) is 0 Å². The SMILES string of the molecule is NC(=O)CNC(=O)c1ccc(OC(=O)c2cc3occc3s2)cc1. The van der Waals surface area contributed by atoms with Gasteiger partial charge in [0, 0.05) is 11.6 Å². The van der Waals surface area contributed by atoms with Gasteiger partial charge in [0.15, 0.2) is 0 Å². The minimum Gasteiger partial charge on any atom is -0.463 e. The number of nitrogens with one attached hydrogen (secondary N) is 1. The summed E-state index contributed by atoms with van der Waals surface area (Å²) < 4.78 is 11.3. The highest BCUT2D eigenvalue weighted by atomic mass is 32.1. The fourth-order valence-electron chi connectivity index (χ4n) is 1.97. The summed E-state index contributed by atoms with van der Waals surface area (Å²) in [5, 5.41) is 2.37. The third-order valence-corrected chi connectivity index (χ3v) is 4.15. The Morgan fingerprint density at radius 2 is 1.92 bits per heavy atom. The van der Waals surface area contributed by atoms with Crippen LogP contribution in [-0.2, 0) is 4.79 Å². The van der Waals surface area contributed by atoms with E-state index in [1.807, 2.05) is 0 Å². The minimum atomic E-state index is -0.629. The lowest BCUT2D eigenvalue weighted by molar-refractivity contribution is -0.117. The van der Waals surface area contributed by atoms with Gasteiger partial charge < -0.3 is 20.2 Å². The number of primary amides is 1. The maximum Gasteiger partial charge on any atom is 0.353 e. The second-order valence-corrected chi connectivity index (χ2v) is 5.91. The van der Waals surface area contributed by atoms with E-state index < -0.39 is 17.8 Å². The second-order valence-electron chi connectivity index (χ2n) is 4.82. The number of esters is 1. The Balaban J connectivity index is 1.65. The van der Waals surface area contributed by atoms with E-state index in [9.17, 15) is 14.4 Å². The first-order chi connectivity index (χ1) is 11.5. The molecule has 0 aliphatic heterocycles. The van der Waals surface area contributed by atoms with Crippen molar-refractivity contribution in [3.8, 4) is 5.75 Å². The Morgan fingerprint density at radius 3 is 2.58 bits per heavy atom. The summed E-state index contributed by atoms with van der Waals surface area (Å²) in [6.07, 6.45) is 1.55. The molecule has 3 aromatic rings. The van der Waals surface area contributed by atoms with E-state index in [1.54, 1.807) is 18.4 Å². The summed E-state index contributed by atoms with van der Waals surface area (Å²) in [5.74, 6) is -1.27. The summed E-state index contributed by atoms with van der Waals surface area (Å²) in [5.41, 5.74) is 5.91. The van der Waals surface area contributed by atoms with Gasteiger partial charge in [-0.1, -0.05) is 0 Å². The highest BCUT2D eigenvalue weighted by molar-refractivity contribution is 7.20. The summed E-state index contributed by atoms with van der Waals surface area (Å²) in [7, 11) is 0. The number of furan rings is 1. The molecule has 1 aromatic carbocycles. The van der Waals surface area contributed by atoms with Crippen molar-refractivity contribution in [2.75, 3.05) is 6.54 Å². The maximum atomic E-state index is 12.1. The number of hydrogen-bond donors (Lipinski definition) is 2. The normalized spacial score (nSPS) is 10.5. The first-order valence-corrected chi connectivity index (χ1v) is 7.70. The fourth-order valence-corrected chi connectivity index (χ4v) is 2.83. The molecule has 3 rings (SSSR count). The lowest BCUT2D eigenvalue weighted by Crippen LogP contribution is -2.33. The molecule has 0 saturated heterocycles. The van der Waals surface area contributed by atoms with Crippen molar-refractivity contribution in [1.82, 2.24) is 5.32 Å². The van der Waals surface area contributed by atoms with Crippen LogP contribution in [0.25, 0.3) is 10.3 Å². The molecule has 0 radical (unpaired) electrons. The average Bonchev–Trinajstić information content (AvgIpc) is 3.15. The van der Waals surface area contributed by atoms with Crippen LogP contribution in [0.1, 0.15) is 20.0 Å². The van der Waals surface area contributed by atoms with Crippen molar-refractivity contribution >= 4 is 39.4 Å². The van der Waals surface area contributed by atoms with Crippen molar-refractivity contribution in [3.63, 3.8) is 0 Å². The Bertz CT molecular complexity index is 882. The Labute approximate surface area is 140 Å². The van der Waals surface area contributed by atoms with Gasteiger partial charge in [-0.2, -0.15) is 0 Å². The van der Waals surface area contributed by atoms with Gasteiger partial charge in [0.25, 0.3) is 5.91 Å². The van der Waals surface area contributed by atoms with E-state index in [2.05, 4.69) is 5.32 Å². The van der Waals surface area contributed by atoms with Crippen LogP contribution in [0.15, 0.2) is 47.1 Å². The molecule has 24 heavy (non-hydrogen) atoms. The molecule has 0 aliphatic rings. The van der Waals surface area contributed by atoms with Crippen LogP contribution in [0.5, 0.6) is 5.75 Å². The van der Waals surface area contributed by atoms with Crippen LogP contribution in [0.2, 0.25) is 0 Å². The number of hydrogen-bond acceptors (Lipinski definition) is 6. The van der Waals surface area contributed by atoms with Gasteiger partial charge in [-0.25, -0.2) is 4.79 Å². The van der Waals surface area contributed by atoms with Crippen LogP contribution in [0, 0.1) is 0 Å². The number of fused-ring (bicyclic) bond motifs is 1. The van der Waals surface area contributed by atoms with Crippen LogP contribution >= 0.6 is 11.3 Å². The molecule has 2 heterocycles. The third-order valence-electron chi connectivity index (χ3n) is 3.09. The van der Waals surface area contributed by atoms with Gasteiger partial charge >= 0.3 is 5.97 Å². The molecule has 0 saturated carbocycles. The van der Waals surface area contributed by atoms with Crippen molar-refractivity contribution in [3.05, 3.63) is 53.1 Å². The van der Waals surface area contributed by atoms with E-state index in [0.717, 1.165) is 4.70 Å². The molecule has 8 heteroatoms. The molecule has 2 amide bonds. The quantitative estimate of drug-likeness (QED) is 0.542. The van der Waals surface area contributed by atoms with Crippen molar-refractivity contribution in [2.24, 2.45) is 5.73 Å². The number of ether oxygens (including phenoxy) is 1. The lowest BCUT2D eigenvalue weighted by Gasteiger charge is -2.05. The number of amides is 2. The molecule has 122 valence electrons. The monoisotopic (exact) mass is 344 g/mol. The smallest absolute Gasteiger partial charge is 0.353 e. The number of thiophene rings is 1. The molecule has 0 fully saturated rings. The predicted molar refractivity (Wildman–Crippen MR) is 87.0 cm³/mol. The minimum absolute atomic E-state index is 0.241. The van der Waals surface area contributed by atoms with E-state index in [0.29, 0.717) is 21.8 Å². The molecule has 0 unspecified atom stereocenters. The topological polar surface area (TPSA) is 112 Å². The number of carbonyl (C=O) groups is 3. The lowest BCUT2D eigenvalue weighted by atomic mass is 10.2. The Kier molecular flexibility index (Phi) is 4.30. The fraction of sp³-hybridized carbons (Fsp3) is 0.0625. The third kappa shape index (κ3) is 3.44. The average molecular weight is 344 g/mol. The first kappa shape index (κ1) is 15.8. The highest BCUT2D eigenvalue weighted by Crippen LogP contribution is 2.27. The predicted octanol–water partition coefficient (Wildman–Crippen LogP) is 1.93. The van der Waals surface area contributed by atoms with Crippen LogP contribution in [0.3, 0.4) is 0 Å². The number of nitrogens with two attached hydrogens (primary N) is 1. The molecule has 7 nitrogen and oxygen atoms in total. The summed E-state index contributed by atoms with van der Waals surface area (Å²) in [4.78, 5) is 34.9. The maximum absolute atomic E-state index is 12.1. The van der Waals surface area contributed by atoms with E-state index in [4.69, 9.17) is 14.9 Å². The van der Waals surface area contributed by atoms with Gasteiger partial charge in [0.1, 0.15) is 16.2 Å². The van der Waals surface area contributed by atoms with Gasteiger partial charge in [0.2, 0.25) is 5.91 Å². The van der Waals surface area contributed by atoms with Crippen LogP contribution in [0.4, 0.5) is 0 Å². The zero-order valence-electron chi connectivity index (χ0n) is 12.3. The molecule has 3 N–H and O–H groups in total. The molecule has 0 atom stereocenters. The summed E-state index contributed by atoms with van der Waals surface area (Å²) in [6.45, 7) is -0.241. The van der Waals surface area contributed by atoms with Gasteiger partial charge in [-0.3, -0.25) is 9.59 Å². The van der Waals surface area contributed by atoms with E-state index >= 15 is 0 Å². The zero-order chi connectivity index (χ0) is 17.1. The molecular weight excluding hydrogens is 332 g/mol. The van der Waals surface area contributed by atoms with Crippen LogP contribution < -0.4 is 15.8 Å². The molecule has 0 aliphatic carbocycles. The Morgan fingerprint density at radius 1 is 1.17 bits per heavy atom. The molecule has 0 spiro atoms. The zero-order valence-corrected chi connectivity index (χ0v) is 13.1. The van der Waals surface area contributed by atoms with Gasteiger partial charge in [-0.05, 0) is 30.3 Å².